The van der Waals surface area contributed by atoms with Gasteiger partial charge in [-0.2, -0.15) is 0 Å². The zero-order chi connectivity index (χ0) is 18.8. The summed E-state index contributed by atoms with van der Waals surface area (Å²) in [7, 11) is -1.20. The van der Waals surface area contributed by atoms with Gasteiger partial charge in [-0.15, -0.1) is 0 Å². The normalized spacial score (nSPS) is 13.8. The van der Waals surface area contributed by atoms with Gasteiger partial charge in [0, 0.05) is 29.0 Å². The molecule has 24 heavy (non-hydrogen) atoms. The van der Waals surface area contributed by atoms with Crippen molar-refractivity contribution in [3.63, 3.8) is 0 Å². The van der Waals surface area contributed by atoms with Crippen molar-refractivity contribution in [3.05, 3.63) is 0 Å². The molecule has 0 amide bonds. The maximum atomic E-state index is 11.9. The molecule has 0 aliphatic carbocycles. The average molecular weight is 398 g/mol. The second-order valence-electron chi connectivity index (χ2n) is 6.82. The van der Waals surface area contributed by atoms with Gasteiger partial charge in [0.15, 0.2) is 10.7 Å². The Morgan fingerprint density at radius 3 is 2.00 bits per heavy atom. The van der Waals surface area contributed by atoms with Crippen LogP contribution >= 0.6 is 32.0 Å². The summed E-state index contributed by atoms with van der Waals surface area (Å²) in [6.45, 7) is 15.1. The average Bonchev–Trinajstić information content (AvgIpc) is 2.45. The topological polar surface area (TPSA) is 55.8 Å². The van der Waals surface area contributed by atoms with E-state index < -0.39 is 8.53 Å². The Hall–Kier alpha value is 0.350. The van der Waals surface area contributed by atoms with E-state index in [-0.39, 0.29) is 10.5 Å². The van der Waals surface area contributed by atoms with E-state index in [1.807, 2.05) is 20.8 Å². The van der Waals surface area contributed by atoms with Crippen LogP contribution in [0.3, 0.4) is 0 Å². The van der Waals surface area contributed by atoms with E-state index in [2.05, 4.69) is 32.4 Å². The fraction of sp³-hybridized carbons (Fsp3) is 0.875. The Morgan fingerprint density at radius 1 is 1.08 bits per heavy atom. The predicted octanol–water partition coefficient (Wildman–Crippen LogP) is 4.59. The fourth-order valence-corrected chi connectivity index (χ4v) is 4.72. The maximum Gasteiger partial charge on any atom is 0.259 e. The third kappa shape index (κ3) is 10.4. The molecule has 0 aromatic rings. The van der Waals surface area contributed by atoms with Gasteiger partial charge in [-0.3, -0.25) is 9.59 Å². The molecule has 0 rings (SSSR count). The number of nitrogens with zero attached hydrogens (tertiary/aromatic N) is 1. The van der Waals surface area contributed by atoms with Crippen molar-refractivity contribution in [2.24, 2.45) is 5.41 Å². The Bertz CT molecular complexity index is 368. The van der Waals surface area contributed by atoms with Gasteiger partial charge in [-0.25, -0.2) is 4.67 Å². The summed E-state index contributed by atoms with van der Waals surface area (Å²) in [6, 6.07) is 0.581. The molecule has 142 valence electrons. The van der Waals surface area contributed by atoms with E-state index >= 15 is 0 Å². The predicted molar refractivity (Wildman–Crippen MR) is 107 cm³/mol. The van der Waals surface area contributed by atoms with Crippen LogP contribution in [0.2, 0.25) is 0 Å². The molecule has 0 saturated carbocycles. The quantitative estimate of drug-likeness (QED) is 0.271. The lowest BCUT2D eigenvalue weighted by atomic mass is 10.00. The molecule has 1 atom stereocenters. The van der Waals surface area contributed by atoms with E-state index in [4.69, 9.17) is 9.05 Å². The number of rotatable bonds is 12. The summed E-state index contributed by atoms with van der Waals surface area (Å²) in [5.41, 5.74) is 0.490. The van der Waals surface area contributed by atoms with Crippen LogP contribution in [0.25, 0.3) is 0 Å². The van der Waals surface area contributed by atoms with Crippen LogP contribution in [0.1, 0.15) is 48.5 Å². The minimum Gasteiger partial charge on any atom is -0.321 e. The summed E-state index contributed by atoms with van der Waals surface area (Å²) < 4.78 is 14.1. The summed E-state index contributed by atoms with van der Waals surface area (Å²) in [5, 5.41) is 0.170. The molecule has 0 heterocycles. The number of hydrogen-bond acceptors (Lipinski definition) is 7. The highest BCUT2D eigenvalue weighted by Crippen LogP contribution is 2.46. The van der Waals surface area contributed by atoms with Gasteiger partial charge >= 0.3 is 0 Å². The third-order valence-electron chi connectivity index (χ3n) is 2.85. The van der Waals surface area contributed by atoms with Crippen LogP contribution < -0.4 is 0 Å². The summed E-state index contributed by atoms with van der Waals surface area (Å²) >= 11 is 2.50. The monoisotopic (exact) mass is 397 g/mol. The lowest BCUT2D eigenvalue weighted by molar-refractivity contribution is -0.117. The zero-order valence-electron chi connectivity index (χ0n) is 15.9. The Balaban J connectivity index is 4.53. The number of carbonyl (C=O) groups is 2. The molecular weight excluding hydrogens is 365 g/mol. The van der Waals surface area contributed by atoms with Gasteiger partial charge in [0.25, 0.3) is 8.53 Å². The minimum atomic E-state index is -1.20. The first kappa shape index (κ1) is 24.4. The molecule has 0 bridgehead atoms. The van der Waals surface area contributed by atoms with E-state index in [1.165, 1.54) is 23.5 Å². The van der Waals surface area contributed by atoms with Crippen molar-refractivity contribution in [1.82, 2.24) is 4.67 Å². The van der Waals surface area contributed by atoms with Crippen molar-refractivity contribution < 1.29 is 18.6 Å². The molecule has 0 radical (unpaired) electrons. The summed E-state index contributed by atoms with van der Waals surface area (Å²) in [5.74, 6) is 1.23. The first-order chi connectivity index (χ1) is 11.1. The van der Waals surface area contributed by atoms with E-state index in [0.29, 0.717) is 36.8 Å². The van der Waals surface area contributed by atoms with E-state index in [9.17, 15) is 9.59 Å². The zero-order valence-corrected chi connectivity index (χ0v) is 18.4. The van der Waals surface area contributed by atoms with Crippen molar-refractivity contribution in [3.8, 4) is 0 Å². The molecule has 0 N–H and O–H groups in total. The largest absolute Gasteiger partial charge is 0.321 e. The first-order valence-corrected chi connectivity index (χ1v) is 11.3. The molecule has 0 spiro atoms. The van der Waals surface area contributed by atoms with Gasteiger partial charge in [0.05, 0.1) is 13.2 Å². The molecule has 1 unspecified atom stereocenters. The first-order valence-electron chi connectivity index (χ1n) is 8.18. The Kier molecular flexibility index (Phi) is 12.8. The molecule has 0 aromatic heterocycles. The molecule has 5 nitrogen and oxygen atoms in total. The van der Waals surface area contributed by atoms with Crippen molar-refractivity contribution in [2.45, 2.75) is 60.5 Å². The number of hydrogen-bond donors (Lipinski definition) is 0. The van der Waals surface area contributed by atoms with Crippen LogP contribution in [-0.4, -0.2) is 52.2 Å². The van der Waals surface area contributed by atoms with Crippen LogP contribution in [0.15, 0.2) is 0 Å². The van der Waals surface area contributed by atoms with Crippen LogP contribution in [0, 0.1) is 5.41 Å². The highest BCUT2D eigenvalue weighted by molar-refractivity contribution is 8.13. The molecule has 0 aromatic carbocycles. The number of thioether (sulfide) groups is 2. The fourth-order valence-electron chi connectivity index (χ4n) is 1.82. The second kappa shape index (κ2) is 12.7. The molecule has 0 aliphatic rings. The van der Waals surface area contributed by atoms with Crippen LogP contribution in [0.4, 0.5) is 0 Å². The molecule has 0 fully saturated rings. The smallest absolute Gasteiger partial charge is 0.259 e. The highest BCUT2D eigenvalue weighted by Gasteiger charge is 2.27. The lowest BCUT2D eigenvalue weighted by Gasteiger charge is -2.35. The standard InChI is InChI=1S/C16H32NO4PS2/c1-13(2)17(14(3)4)22(20-8-10-23-12-18)21-9-11-24-15(19)16(5,6)7/h12-14H,8-11H2,1-7H3. The van der Waals surface area contributed by atoms with Crippen molar-refractivity contribution in [1.29, 1.82) is 0 Å². The summed E-state index contributed by atoms with van der Waals surface area (Å²) in [6.07, 6.45) is 0. The lowest BCUT2D eigenvalue weighted by Crippen LogP contribution is -2.34. The van der Waals surface area contributed by atoms with Crippen molar-refractivity contribution >= 4 is 42.8 Å². The van der Waals surface area contributed by atoms with E-state index in [0.717, 1.165) is 5.62 Å². The Labute approximate surface area is 156 Å². The SMILES string of the molecule is CC(C)N(C(C)C)P(OCCSC=O)OCCSC(=O)C(C)(C)C. The number of carbonyl (C=O) groups excluding carboxylic acids is 2. The molecular formula is C16H32NO4PS2. The Morgan fingerprint density at radius 2 is 1.58 bits per heavy atom. The highest BCUT2D eigenvalue weighted by atomic mass is 32.2. The molecule has 0 aliphatic heterocycles. The molecule has 8 heteroatoms. The van der Waals surface area contributed by atoms with Crippen LogP contribution in [0.5, 0.6) is 0 Å². The van der Waals surface area contributed by atoms with Gasteiger partial charge in [0.1, 0.15) is 0 Å². The van der Waals surface area contributed by atoms with E-state index in [1.54, 1.807) is 0 Å². The minimum absolute atomic E-state index is 0.170. The van der Waals surface area contributed by atoms with Gasteiger partial charge < -0.3 is 9.05 Å². The van der Waals surface area contributed by atoms with Gasteiger partial charge in [0.2, 0.25) is 0 Å². The maximum absolute atomic E-state index is 11.9. The van der Waals surface area contributed by atoms with Crippen molar-refractivity contribution in [2.75, 3.05) is 24.7 Å². The van der Waals surface area contributed by atoms with Gasteiger partial charge in [-0.05, 0) is 27.7 Å². The third-order valence-corrected chi connectivity index (χ3v) is 6.74. The molecule has 0 saturated heterocycles. The second-order valence-corrected chi connectivity index (χ2v) is 10.3. The van der Waals surface area contributed by atoms with Gasteiger partial charge in [-0.1, -0.05) is 44.3 Å². The van der Waals surface area contributed by atoms with Crippen LogP contribution in [-0.2, 0) is 18.6 Å². The summed E-state index contributed by atoms with van der Waals surface area (Å²) in [4.78, 5) is 22.3.